The standard InChI is InChI=1S/C10H8ClNO3/c11-8-4-6(1-2-9(13)14)3-7-5-12-15-10(7)8/h3-5H,1-2H2,(H,13,14). The van der Waals surface area contributed by atoms with Crippen LogP contribution in [0.1, 0.15) is 12.0 Å². The first-order valence-electron chi connectivity index (χ1n) is 4.41. The molecule has 0 radical (unpaired) electrons. The lowest BCUT2D eigenvalue weighted by molar-refractivity contribution is -0.136. The molecule has 4 nitrogen and oxygen atoms in total. The van der Waals surface area contributed by atoms with Crippen molar-refractivity contribution in [1.82, 2.24) is 5.16 Å². The van der Waals surface area contributed by atoms with Crippen molar-refractivity contribution in [2.45, 2.75) is 12.8 Å². The minimum absolute atomic E-state index is 0.0904. The molecule has 1 aromatic heterocycles. The summed E-state index contributed by atoms with van der Waals surface area (Å²) in [5.74, 6) is -0.823. The lowest BCUT2D eigenvalue weighted by Gasteiger charge is -1.99. The van der Waals surface area contributed by atoms with E-state index in [4.69, 9.17) is 21.2 Å². The van der Waals surface area contributed by atoms with Crippen LogP contribution in [0, 0.1) is 0 Å². The maximum absolute atomic E-state index is 10.4. The quantitative estimate of drug-likeness (QED) is 0.872. The zero-order valence-electron chi connectivity index (χ0n) is 7.74. The first kappa shape index (κ1) is 9.98. The topological polar surface area (TPSA) is 63.3 Å². The predicted octanol–water partition coefficient (Wildman–Crippen LogP) is 2.50. The van der Waals surface area contributed by atoms with Gasteiger partial charge in [0.25, 0.3) is 0 Å². The third kappa shape index (κ3) is 2.10. The second kappa shape index (κ2) is 3.90. The van der Waals surface area contributed by atoms with Crippen molar-refractivity contribution in [3.63, 3.8) is 0 Å². The molecule has 2 aromatic rings. The number of hydrogen-bond donors (Lipinski definition) is 1. The number of aromatic nitrogens is 1. The molecule has 0 saturated heterocycles. The van der Waals surface area contributed by atoms with Crippen LogP contribution < -0.4 is 0 Å². The SMILES string of the molecule is O=C(O)CCc1cc(Cl)c2oncc2c1. The van der Waals surface area contributed by atoms with Gasteiger partial charge in [-0.15, -0.1) is 0 Å². The molecule has 0 fully saturated rings. The van der Waals surface area contributed by atoms with Crippen molar-refractivity contribution >= 4 is 28.5 Å². The number of nitrogens with zero attached hydrogens (tertiary/aromatic N) is 1. The number of carboxylic acids is 1. The average Bonchev–Trinajstić information content (AvgIpc) is 2.63. The zero-order valence-corrected chi connectivity index (χ0v) is 8.49. The summed E-state index contributed by atoms with van der Waals surface area (Å²) in [5, 5.41) is 13.4. The molecule has 1 aromatic carbocycles. The first-order chi connectivity index (χ1) is 7.16. The van der Waals surface area contributed by atoms with E-state index in [1.165, 1.54) is 0 Å². The maximum Gasteiger partial charge on any atom is 0.303 e. The van der Waals surface area contributed by atoms with Gasteiger partial charge >= 0.3 is 5.97 Å². The molecule has 0 amide bonds. The fraction of sp³-hybridized carbons (Fsp3) is 0.200. The number of carboxylic acid groups (broad SMARTS) is 1. The molecule has 0 bridgehead atoms. The smallest absolute Gasteiger partial charge is 0.303 e. The normalized spacial score (nSPS) is 10.7. The van der Waals surface area contributed by atoms with Crippen LogP contribution in [-0.2, 0) is 11.2 Å². The van der Waals surface area contributed by atoms with E-state index in [1.807, 2.05) is 6.07 Å². The molecule has 0 atom stereocenters. The number of carbonyl (C=O) groups is 1. The molecule has 0 aliphatic rings. The van der Waals surface area contributed by atoms with E-state index >= 15 is 0 Å². The van der Waals surface area contributed by atoms with Gasteiger partial charge in [-0.25, -0.2) is 0 Å². The number of rotatable bonds is 3. The van der Waals surface area contributed by atoms with E-state index in [-0.39, 0.29) is 6.42 Å². The lowest BCUT2D eigenvalue weighted by atomic mass is 10.1. The van der Waals surface area contributed by atoms with Crippen molar-refractivity contribution in [2.75, 3.05) is 0 Å². The molecule has 2 rings (SSSR count). The van der Waals surface area contributed by atoms with Crippen molar-refractivity contribution in [3.05, 3.63) is 28.9 Å². The Morgan fingerprint density at radius 1 is 1.53 bits per heavy atom. The Hall–Kier alpha value is -1.55. The molecule has 5 heteroatoms. The number of fused-ring (bicyclic) bond motifs is 1. The molecule has 0 saturated carbocycles. The minimum Gasteiger partial charge on any atom is -0.481 e. The molecule has 0 aliphatic heterocycles. The van der Waals surface area contributed by atoms with Crippen LogP contribution in [0.4, 0.5) is 0 Å². The molecule has 1 N–H and O–H groups in total. The van der Waals surface area contributed by atoms with E-state index in [1.54, 1.807) is 12.3 Å². The van der Waals surface area contributed by atoms with Gasteiger partial charge in [0, 0.05) is 11.8 Å². The van der Waals surface area contributed by atoms with Gasteiger partial charge in [0.1, 0.15) is 0 Å². The largest absolute Gasteiger partial charge is 0.481 e. The summed E-state index contributed by atoms with van der Waals surface area (Å²) in [6, 6.07) is 3.54. The number of hydrogen-bond acceptors (Lipinski definition) is 3. The van der Waals surface area contributed by atoms with E-state index in [9.17, 15) is 4.79 Å². The first-order valence-corrected chi connectivity index (χ1v) is 4.79. The second-order valence-electron chi connectivity index (χ2n) is 3.22. The van der Waals surface area contributed by atoms with Crippen LogP contribution in [0.5, 0.6) is 0 Å². The number of halogens is 1. The highest BCUT2D eigenvalue weighted by Crippen LogP contribution is 2.25. The number of aliphatic carboxylic acids is 1. The highest BCUT2D eigenvalue weighted by Gasteiger charge is 2.07. The van der Waals surface area contributed by atoms with Gasteiger partial charge in [-0.2, -0.15) is 0 Å². The zero-order chi connectivity index (χ0) is 10.8. The summed E-state index contributed by atoms with van der Waals surface area (Å²) in [5.41, 5.74) is 1.41. The van der Waals surface area contributed by atoms with E-state index in [2.05, 4.69) is 5.16 Å². The van der Waals surface area contributed by atoms with Crippen LogP contribution in [0.15, 0.2) is 22.9 Å². The van der Waals surface area contributed by atoms with Crippen LogP contribution in [0.25, 0.3) is 11.0 Å². The predicted molar refractivity (Wildman–Crippen MR) is 55.0 cm³/mol. The van der Waals surface area contributed by atoms with E-state index in [0.717, 1.165) is 10.9 Å². The van der Waals surface area contributed by atoms with Crippen molar-refractivity contribution < 1.29 is 14.4 Å². The van der Waals surface area contributed by atoms with Crippen LogP contribution >= 0.6 is 11.6 Å². The monoisotopic (exact) mass is 225 g/mol. The highest BCUT2D eigenvalue weighted by molar-refractivity contribution is 6.34. The van der Waals surface area contributed by atoms with Gasteiger partial charge in [-0.3, -0.25) is 4.79 Å². The summed E-state index contributed by atoms with van der Waals surface area (Å²) in [6.07, 6.45) is 2.11. The van der Waals surface area contributed by atoms with Crippen LogP contribution in [0.3, 0.4) is 0 Å². The number of aryl methyl sites for hydroxylation is 1. The molecular weight excluding hydrogens is 218 g/mol. The number of benzene rings is 1. The van der Waals surface area contributed by atoms with Crippen molar-refractivity contribution in [3.8, 4) is 0 Å². The average molecular weight is 226 g/mol. The summed E-state index contributed by atoms with van der Waals surface area (Å²) in [4.78, 5) is 10.4. The Morgan fingerprint density at radius 2 is 2.33 bits per heavy atom. The molecule has 0 unspecified atom stereocenters. The van der Waals surface area contributed by atoms with Gasteiger partial charge in [0.2, 0.25) is 0 Å². The van der Waals surface area contributed by atoms with Gasteiger partial charge in [0.15, 0.2) is 5.58 Å². The van der Waals surface area contributed by atoms with Gasteiger partial charge in [-0.05, 0) is 24.1 Å². The van der Waals surface area contributed by atoms with Crippen LogP contribution in [-0.4, -0.2) is 16.2 Å². The van der Waals surface area contributed by atoms with Gasteiger partial charge in [0.05, 0.1) is 11.2 Å². The molecular formula is C10H8ClNO3. The molecule has 78 valence electrons. The summed E-state index contributed by atoms with van der Waals surface area (Å²) in [7, 11) is 0. The Kier molecular flexibility index (Phi) is 2.60. The minimum atomic E-state index is -0.823. The fourth-order valence-corrected chi connectivity index (χ4v) is 1.68. The summed E-state index contributed by atoms with van der Waals surface area (Å²) < 4.78 is 4.93. The molecule has 0 aliphatic carbocycles. The van der Waals surface area contributed by atoms with Gasteiger partial charge < -0.3 is 9.63 Å². The fourth-order valence-electron chi connectivity index (χ4n) is 1.40. The van der Waals surface area contributed by atoms with Crippen molar-refractivity contribution in [1.29, 1.82) is 0 Å². The van der Waals surface area contributed by atoms with Gasteiger partial charge in [-0.1, -0.05) is 16.8 Å². The third-order valence-corrected chi connectivity index (χ3v) is 2.38. The van der Waals surface area contributed by atoms with Crippen LogP contribution in [0.2, 0.25) is 5.02 Å². The lowest BCUT2D eigenvalue weighted by Crippen LogP contribution is -1.97. The molecule has 0 spiro atoms. The Morgan fingerprint density at radius 3 is 3.07 bits per heavy atom. The van der Waals surface area contributed by atoms with E-state index in [0.29, 0.717) is 17.0 Å². The Bertz CT molecular complexity index is 506. The summed E-state index contributed by atoms with van der Waals surface area (Å²) >= 11 is 5.94. The molecule has 15 heavy (non-hydrogen) atoms. The highest BCUT2D eigenvalue weighted by atomic mass is 35.5. The Balaban J connectivity index is 2.32. The Labute approximate surface area is 90.4 Å². The third-order valence-electron chi connectivity index (χ3n) is 2.10. The summed E-state index contributed by atoms with van der Waals surface area (Å²) in [6.45, 7) is 0. The second-order valence-corrected chi connectivity index (χ2v) is 3.62. The maximum atomic E-state index is 10.4. The van der Waals surface area contributed by atoms with Crippen molar-refractivity contribution in [2.24, 2.45) is 0 Å². The molecule has 1 heterocycles. The van der Waals surface area contributed by atoms with E-state index < -0.39 is 5.97 Å².